The Morgan fingerprint density at radius 2 is 2.12 bits per heavy atom. The van der Waals surface area contributed by atoms with E-state index in [1.54, 1.807) is 0 Å². The fourth-order valence-electron chi connectivity index (χ4n) is 0.943. The minimum absolute atomic E-state index is 0.0881. The lowest BCUT2D eigenvalue weighted by atomic mass is 10.3. The molecule has 1 rings (SSSR count). The summed E-state index contributed by atoms with van der Waals surface area (Å²) < 4.78 is 44.6. The third kappa shape index (κ3) is 4.10. The highest BCUT2D eigenvalue weighted by atomic mass is 35.5. The molecule has 8 heteroatoms. The van der Waals surface area contributed by atoms with Crippen molar-refractivity contribution in [3.8, 4) is 5.88 Å². The second-order valence-corrected chi connectivity index (χ2v) is 3.27. The van der Waals surface area contributed by atoms with E-state index < -0.39 is 24.6 Å². The van der Waals surface area contributed by atoms with Crippen LogP contribution in [-0.4, -0.2) is 30.8 Å². The molecule has 0 aliphatic carbocycles. The Balaban J connectivity index is 2.95. The molecule has 0 atom stereocenters. The second kappa shape index (κ2) is 5.22. The summed E-state index contributed by atoms with van der Waals surface area (Å²) in [4.78, 5) is 14.7. The Morgan fingerprint density at radius 1 is 1.47 bits per heavy atom. The highest BCUT2D eigenvalue weighted by Gasteiger charge is 2.29. The van der Waals surface area contributed by atoms with Crippen molar-refractivity contribution in [1.29, 1.82) is 0 Å². The van der Waals surface area contributed by atoms with Crippen LogP contribution in [0.15, 0.2) is 12.1 Å². The Bertz CT molecular complexity index is 422. The average Bonchev–Trinajstić information content (AvgIpc) is 2.24. The van der Waals surface area contributed by atoms with Gasteiger partial charge in [0.2, 0.25) is 5.88 Å². The van der Waals surface area contributed by atoms with E-state index in [2.05, 4.69) is 14.5 Å². The average molecular weight is 270 g/mol. The molecule has 4 nitrogen and oxygen atoms in total. The topological polar surface area (TPSA) is 48.4 Å². The van der Waals surface area contributed by atoms with Crippen LogP contribution < -0.4 is 4.74 Å². The standard InChI is InChI=1S/C9H7ClF3NO3/c1-16-8(15)5-2-3-6(10)14-7(5)17-4-9(11,12)13/h2-3H,4H2,1H3. The summed E-state index contributed by atoms with van der Waals surface area (Å²) in [5.74, 6) is -1.37. The zero-order chi connectivity index (χ0) is 13.1. The van der Waals surface area contributed by atoms with Crippen LogP contribution in [0.1, 0.15) is 10.4 Å². The number of alkyl halides is 3. The smallest absolute Gasteiger partial charge is 0.422 e. The van der Waals surface area contributed by atoms with Crippen molar-refractivity contribution >= 4 is 17.6 Å². The van der Waals surface area contributed by atoms with Crippen LogP contribution in [0.5, 0.6) is 5.88 Å². The third-order valence-corrected chi connectivity index (χ3v) is 1.81. The van der Waals surface area contributed by atoms with E-state index in [9.17, 15) is 18.0 Å². The Kier molecular flexibility index (Phi) is 4.17. The zero-order valence-corrected chi connectivity index (χ0v) is 9.30. The van der Waals surface area contributed by atoms with Gasteiger partial charge >= 0.3 is 12.1 Å². The predicted octanol–water partition coefficient (Wildman–Crippen LogP) is 2.46. The number of pyridine rings is 1. The van der Waals surface area contributed by atoms with Gasteiger partial charge in [0.05, 0.1) is 7.11 Å². The molecule has 0 spiro atoms. The van der Waals surface area contributed by atoms with E-state index in [-0.39, 0.29) is 10.7 Å². The molecule has 1 aromatic rings. The van der Waals surface area contributed by atoms with Gasteiger partial charge in [-0.25, -0.2) is 9.78 Å². The fraction of sp³-hybridized carbons (Fsp3) is 0.333. The molecule has 0 aliphatic rings. The maximum Gasteiger partial charge on any atom is 0.422 e. The largest absolute Gasteiger partial charge is 0.467 e. The van der Waals surface area contributed by atoms with Gasteiger partial charge in [0.25, 0.3) is 0 Å². The first-order valence-corrected chi connectivity index (χ1v) is 4.65. The summed E-state index contributed by atoms with van der Waals surface area (Å²) in [6, 6.07) is 2.42. The molecular formula is C9H7ClF3NO3. The van der Waals surface area contributed by atoms with E-state index in [0.717, 1.165) is 7.11 Å². The number of hydrogen-bond acceptors (Lipinski definition) is 4. The van der Waals surface area contributed by atoms with Crippen molar-refractivity contribution in [2.45, 2.75) is 6.18 Å². The maximum atomic E-state index is 12.0. The molecule has 0 N–H and O–H groups in total. The van der Waals surface area contributed by atoms with Crippen LogP contribution in [0.3, 0.4) is 0 Å². The quantitative estimate of drug-likeness (QED) is 0.625. The number of ether oxygens (including phenoxy) is 2. The molecule has 1 aromatic heterocycles. The van der Waals surface area contributed by atoms with Gasteiger partial charge in [0, 0.05) is 0 Å². The lowest BCUT2D eigenvalue weighted by Crippen LogP contribution is -2.21. The SMILES string of the molecule is COC(=O)c1ccc(Cl)nc1OCC(F)(F)F. The van der Waals surface area contributed by atoms with Crippen molar-refractivity contribution in [2.75, 3.05) is 13.7 Å². The highest BCUT2D eigenvalue weighted by Crippen LogP contribution is 2.22. The van der Waals surface area contributed by atoms with Gasteiger partial charge in [0.15, 0.2) is 6.61 Å². The number of hydrogen-bond donors (Lipinski definition) is 0. The predicted molar refractivity (Wildman–Crippen MR) is 52.1 cm³/mol. The zero-order valence-electron chi connectivity index (χ0n) is 8.55. The van der Waals surface area contributed by atoms with E-state index >= 15 is 0 Å². The molecule has 0 amide bonds. The van der Waals surface area contributed by atoms with Gasteiger partial charge in [0.1, 0.15) is 10.7 Å². The lowest BCUT2D eigenvalue weighted by Gasteiger charge is -2.11. The number of nitrogens with zero attached hydrogens (tertiary/aromatic N) is 1. The summed E-state index contributed by atoms with van der Waals surface area (Å²) in [5.41, 5.74) is -0.221. The summed E-state index contributed by atoms with van der Waals surface area (Å²) in [5, 5.41) is -0.0881. The molecule has 94 valence electrons. The normalized spacial score (nSPS) is 11.1. The number of rotatable bonds is 3. The summed E-state index contributed by atoms with van der Waals surface area (Å²) in [6.07, 6.45) is -4.53. The van der Waals surface area contributed by atoms with Crippen molar-refractivity contribution in [2.24, 2.45) is 0 Å². The minimum atomic E-state index is -4.53. The Hall–Kier alpha value is -1.50. The van der Waals surface area contributed by atoms with Gasteiger partial charge in [-0.2, -0.15) is 13.2 Å². The first kappa shape index (κ1) is 13.6. The fourth-order valence-corrected chi connectivity index (χ4v) is 1.08. The molecule has 0 aromatic carbocycles. The molecule has 17 heavy (non-hydrogen) atoms. The second-order valence-electron chi connectivity index (χ2n) is 2.88. The summed E-state index contributed by atoms with van der Waals surface area (Å²) in [6.45, 7) is -1.57. The Morgan fingerprint density at radius 3 is 2.65 bits per heavy atom. The maximum absolute atomic E-state index is 12.0. The summed E-state index contributed by atoms with van der Waals surface area (Å²) >= 11 is 5.49. The molecule has 0 bridgehead atoms. The van der Waals surface area contributed by atoms with Gasteiger partial charge in [-0.3, -0.25) is 0 Å². The lowest BCUT2D eigenvalue weighted by molar-refractivity contribution is -0.154. The van der Waals surface area contributed by atoms with Crippen molar-refractivity contribution in [3.05, 3.63) is 22.8 Å². The Labute approximate surface area is 99.3 Å². The molecule has 0 saturated carbocycles. The van der Waals surface area contributed by atoms with Gasteiger partial charge in [-0.15, -0.1) is 0 Å². The monoisotopic (exact) mass is 269 g/mol. The van der Waals surface area contributed by atoms with Crippen LogP contribution in [0.25, 0.3) is 0 Å². The molecule has 0 fully saturated rings. The number of carbonyl (C=O) groups is 1. The van der Waals surface area contributed by atoms with Crippen LogP contribution in [0.2, 0.25) is 5.15 Å². The number of esters is 1. The van der Waals surface area contributed by atoms with Gasteiger partial charge in [-0.1, -0.05) is 11.6 Å². The highest BCUT2D eigenvalue weighted by molar-refractivity contribution is 6.29. The third-order valence-electron chi connectivity index (χ3n) is 1.60. The molecule has 0 radical (unpaired) electrons. The van der Waals surface area contributed by atoms with Crippen LogP contribution >= 0.6 is 11.6 Å². The summed E-state index contributed by atoms with van der Waals surface area (Å²) in [7, 11) is 1.09. The van der Waals surface area contributed by atoms with Gasteiger partial charge in [-0.05, 0) is 12.1 Å². The molecular weight excluding hydrogens is 263 g/mol. The first-order valence-electron chi connectivity index (χ1n) is 4.28. The molecule has 1 heterocycles. The number of halogens is 4. The minimum Gasteiger partial charge on any atom is -0.467 e. The molecule has 0 saturated heterocycles. The number of methoxy groups -OCH3 is 1. The van der Waals surface area contributed by atoms with Crippen LogP contribution in [0.4, 0.5) is 13.2 Å². The van der Waals surface area contributed by atoms with Crippen molar-refractivity contribution in [1.82, 2.24) is 4.98 Å². The molecule has 0 unspecified atom stereocenters. The van der Waals surface area contributed by atoms with Crippen LogP contribution in [-0.2, 0) is 4.74 Å². The molecule has 0 aliphatic heterocycles. The van der Waals surface area contributed by atoms with Crippen molar-refractivity contribution < 1.29 is 27.4 Å². The van der Waals surface area contributed by atoms with E-state index in [1.807, 2.05) is 0 Å². The number of carbonyl (C=O) groups excluding carboxylic acids is 1. The van der Waals surface area contributed by atoms with Crippen LogP contribution in [0, 0.1) is 0 Å². The van der Waals surface area contributed by atoms with E-state index in [1.165, 1.54) is 12.1 Å². The van der Waals surface area contributed by atoms with E-state index in [4.69, 9.17) is 11.6 Å². The first-order chi connectivity index (χ1) is 7.83. The number of aromatic nitrogens is 1. The van der Waals surface area contributed by atoms with Crippen molar-refractivity contribution in [3.63, 3.8) is 0 Å². The van der Waals surface area contributed by atoms with E-state index in [0.29, 0.717) is 0 Å². The van der Waals surface area contributed by atoms with Gasteiger partial charge < -0.3 is 9.47 Å².